The first-order valence-electron chi connectivity index (χ1n) is 4.14. The molecule has 0 amide bonds. The van der Waals surface area contributed by atoms with Crippen LogP contribution in [0, 0.1) is 11.3 Å². The molecule has 0 radical (unpaired) electrons. The lowest BCUT2D eigenvalue weighted by atomic mass is 9.82. The van der Waals surface area contributed by atoms with Gasteiger partial charge in [-0.3, -0.25) is 4.79 Å². The van der Waals surface area contributed by atoms with Crippen molar-refractivity contribution in [3.63, 3.8) is 0 Å². The summed E-state index contributed by atoms with van der Waals surface area (Å²) in [6, 6.07) is 0. The fraction of sp³-hybridized carbons (Fsp3) is 0.889. The molecule has 0 aromatic carbocycles. The Hall–Kier alpha value is -0.370. The minimum atomic E-state index is -0.214. The van der Waals surface area contributed by atoms with Crippen molar-refractivity contribution >= 4 is 5.78 Å². The van der Waals surface area contributed by atoms with Gasteiger partial charge in [-0.15, -0.1) is 0 Å². The maximum Gasteiger partial charge on any atom is 0.141 e. The number of ketones is 1. The quantitative estimate of drug-likeness (QED) is 0.676. The van der Waals surface area contributed by atoms with Gasteiger partial charge in [-0.1, -0.05) is 27.7 Å². The molecule has 1 atom stereocenters. The van der Waals surface area contributed by atoms with Gasteiger partial charge in [0.25, 0.3) is 0 Å². The fourth-order valence-corrected chi connectivity index (χ4v) is 1.12. The maximum absolute atomic E-state index is 11.5. The van der Waals surface area contributed by atoms with Crippen LogP contribution in [-0.4, -0.2) is 12.3 Å². The highest BCUT2D eigenvalue weighted by atomic mass is 16.1. The van der Waals surface area contributed by atoms with E-state index in [1.165, 1.54) is 0 Å². The summed E-state index contributed by atoms with van der Waals surface area (Å²) in [6.07, 6.45) is 0.802. The number of carbonyl (C=O) groups excluding carboxylic acids is 1. The lowest BCUT2D eigenvalue weighted by molar-refractivity contribution is -0.130. The molecular formula is C9H19NO. The first-order chi connectivity index (χ1) is 4.89. The molecule has 0 aliphatic rings. The van der Waals surface area contributed by atoms with E-state index in [0.29, 0.717) is 12.3 Å². The van der Waals surface area contributed by atoms with E-state index >= 15 is 0 Å². The van der Waals surface area contributed by atoms with E-state index in [1.54, 1.807) is 0 Å². The van der Waals surface area contributed by atoms with Crippen LogP contribution in [0.15, 0.2) is 0 Å². The van der Waals surface area contributed by atoms with Crippen molar-refractivity contribution in [1.82, 2.24) is 0 Å². The van der Waals surface area contributed by atoms with E-state index in [9.17, 15) is 4.79 Å². The van der Waals surface area contributed by atoms with Crippen LogP contribution in [0.4, 0.5) is 0 Å². The Balaban J connectivity index is 4.03. The fourth-order valence-electron chi connectivity index (χ4n) is 1.12. The van der Waals surface area contributed by atoms with Crippen LogP contribution in [-0.2, 0) is 4.79 Å². The molecule has 66 valence electrons. The highest BCUT2D eigenvalue weighted by Crippen LogP contribution is 2.21. The number of Topliss-reactive ketones (excluding diaryl/α,β-unsaturated/α-hetero) is 1. The monoisotopic (exact) mass is 157 g/mol. The summed E-state index contributed by atoms with van der Waals surface area (Å²) in [5, 5.41) is 0. The summed E-state index contributed by atoms with van der Waals surface area (Å²) in [4.78, 5) is 11.5. The van der Waals surface area contributed by atoms with E-state index in [1.807, 2.05) is 27.7 Å². The SMILES string of the molecule is CC(CCN)C(=O)C(C)(C)C. The molecule has 11 heavy (non-hydrogen) atoms. The zero-order chi connectivity index (χ0) is 9.07. The first kappa shape index (κ1) is 10.6. The lowest BCUT2D eigenvalue weighted by Crippen LogP contribution is -2.27. The summed E-state index contributed by atoms with van der Waals surface area (Å²) in [5.74, 6) is 0.419. The molecule has 0 aliphatic heterocycles. The van der Waals surface area contributed by atoms with Gasteiger partial charge in [0.2, 0.25) is 0 Å². The average Bonchev–Trinajstić information content (AvgIpc) is 1.85. The molecule has 2 heteroatoms. The van der Waals surface area contributed by atoms with Crippen molar-refractivity contribution in [2.24, 2.45) is 17.1 Å². The van der Waals surface area contributed by atoms with E-state index < -0.39 is 0 Å². The van der Waals surface area contributed by atoms with Crippen LogP contribution < -0.4 is 5.73 Å². The summed E-state index contributed by atoms with van der Waals surface area (Å²) in [5.41, 5.74) is 5.14. The van der Waals surface area contributed by atoms with Gasteiger partial charge in [-0.25, -0.2) is 0 Å². The molecule has 2 nitrogen and oxygen atoms in total. The molecule has 0 aromatic rings. The number of hydrogen-bond donors (Lipinski definition) is 1. The van der Waals surface area contributed by atoms with E-state index in [4.69, 9.17) is 5.73 Å². The number of carbonyl (C=O) groups is 1. The Morgan fingerprint density at radius 1 is 1.45 bits per heavy atom. The normalized spacial score (nSPS) is 14.6. The molecule has 2 N–H and O–H groups in total. The molecule has 0 heterocycles. The van der Waals surface area contributed by atoms with E-state index in [2.05, 4.69) is 0 Å². The molecule has 0 saturated heterocycles. The third kappa shape index (κ3) is 3.51. The molecule has 0 fully saturated rings. The van der Waals surface area contributed by atoms with Gasteiger partial charge in [-0.2, -0.15) is 0 Å². The zero-order valence-electron chi connectivity index (χ0n) is 7.98. The molecule has 0 rings (SSSR count). The molecule has 0 saturated carbocycles. The van der Waals surface area contributed by atoms with E-state index in [0.717, 1.165) is 6.42 Å². The topological polar surface area (TPSA) is 43.1 Å². The second-order valence-corrected chi connectivity index (χ2v) is 4.09. The second kappa shape index (κ2) is 3.86. The predicted molar refractivity (Wildman–Crippen MR) is 47.3 cm³/mol. The van der Waals surface area contributed by atoms with Crippen molar-refractivity contribution in [3.8, 4) is 0 Å². The van der Waals surface area contributed by atoms with Gasteiger partial charge >= 0.3 is 0 Å². The van der Waals surface area contributed by atoms with Gasteiger partial charge < -0.3 is 5.73 Å². The summed E-state index contributed by atoms with van der Waals surface area (Å²) in [6.45, 7) is 8.39. The first-order valence-corrected chi connectivity index (χ1v) is 4.14. The zero-order valence-corrected chi connectivity index (χ0v) is 7.98. The smallest absolute Gasteiger partial charge is 0.141 e. The van der Waals surface area contributed by atoms with Crippen molar-refractivity contribution in [1.29, 1.82) is 0 Å². The number of nitrogens with two attached hydrogens (primary N) is 1. The van der Waals surface area contributed by atoms with Gasteiger partial charge in [-0.05, 0) is 13.0 Å². The molecule has 0 bridgehead atoms. The van der Waals surface area contributed by atoms with Gasteiger partial charge in [0.15, 0.2) is 0 Å². The van der Waals surface area contributed by atoms with Crippen LogP contribution >= 0.6 is 0 Å². The van der Waals surface area contributed by atoms with Crippen LogP contribution in [0.5, 0.6) is 0 Å². The Bertz CT molecular complexity index is 135. The highest BCUT2D eigenvalue weighted by molar-refractivity contribution is 5.85. The highest BCUT2D eigenvalue weighted by Gasteiger charge is 2.25. The van der Waals surface area contributed by atoms with E-state index in [-0.39, 0.29) is 11.3 Å². The summed E-state index contributed by atoms with van der Waals surface area (Å²) < 4.78 is 0. The number of hydrogen-bond acceptors (Lipinski definition) is 2. The molecule has 0 aliphatic carbocycles. The van der Waals surface area contributed by atoms with Crippen molar-refractivity contribution in [2.75, 3.05) is 6.54 Å². The van der Waals surface area contributed by atoms with Crippen LogP contribution in [0.1, 0.15) is 34.1 Å². The van der Waals surface area contributed by atoms with Gasteiger partial charge in [0, 0.05) is 11.3 Å². The molecule has 0 spiro atoms. The Morgan fingerprint density at radius 2 is 1.91 bits per heavy atom. The van der Waals surface area contributed by atoms with Crippen LogP contribution in [0.2, 0.25) is 0 Å². The average molecular weight is 157 g/mol. The number of rotatable bonds is 3. The van der Waals surface area contributed by atoms with Crippen molar-refractivity contribution in [3.05, 3.63) is 0 Å². The molecule has 0 aromatic heterocycles. The summed E-state index contributed by atoms with van der Waals surface area (Å²) >= 11 is 0. The standard InChI is InChI=1S/C9H19NO/c1-7(5-6-10)8(11)9(2,3)4/h7H,5-6,10H2,1-4H3. The third-order valence-corrected chi connectivity index (χ3v) is 1.79. The minimum absolute atomic E-state index is 0.111. The minimum Gasteiger partial charge on any atom is -0.330 e. The van der Waals surface area contributed by atoms with Gasteiger partial charge in [0.05, 0.1) is 0 Å². The Kier molecular flexibility index (Phi) is 3.73. The largest absolute Gasteiger partial charge is 0.330 e. The molecule has 1 unspecified atom stereocenters. The third-order valence-electron chi connectivity index (χ3n) is 1.79. The van der Waals surface area contributed by atoms with Crippen LogP contribution in [0.3, 0.4) is 0 Å². The van der Waals surface area contributed by atoms with Crippen LogP contribution in [0.25, 0.3) is 0 Å². The summed E-state index contributed by atoms with van der Waals surface area (Å²) in [7, 11) is 0. The maximum atomic E-state index is 11.5. The van der Waals surface area contributed by atoms with Crippen molar-refractivity contribution < 1.29 is 4.79 Å². The predicted octanol–water partition coefficient (Wildman–Crippen LogP) is 1.59. The Labute approximate surface area is 69.2 Å². The lowest BCUT2D eigenvalue weighted by Gasteiger charge is -2.21. The molecular weight excluding hydrogens is 138 g/mol. The van der Waals surface area contributed by atoms with Gasteiger partial charge in [0.1, 0.15) is 5.78 Å². The van der Waals surface area contributed by atoms with Crippen molar-refractivity contribution in [2.45, 2.75) is 34.1 Å². The second-order valence-electron chi connectivity index (χ2n) is 4.09. The Morgan fingerprint density at radius 3 is 2.18 bits per heavy atom.